The summed E-state index contributed by atoms with van der Waals surface area (Å²) >= 11 is 0. The molecule has 0 saturated carbocycles. The van der Waals surface area contributed by atoms with Crippen LogP contribution in [0.3, 0.4) is 0 Å². The lowest BCUT2D eigenvalue weighted by molar-refractivity contribution is 0.306. The molecule has 3 aromatic rings. The number of hydrogen-bond donors (Lipinski definition) is 0. The molecule has 0 saturated heterocycles. The summed E-state index contributed by atoms with van der Waals surface area (Å²) in [6.45, 7) is 0.607. The molecule has 1 nitrogen and oxygen atoms in total. The van der Waals surface area contributed by atoms with Gasteiger partial charge in [-0.3, -0.25) is 0 Å². The number of benzene rings is 3. The molecule has 0 radical (unpaired) electrons. The molecule has 0 aliphatic heterocycles. The molecule has 104 valence electrons. The molecule has 0 N–H and O–H groups in total. The van der Waals surface area contributed by atoms with Gasteiger partial charge in [0.1, 0.15) is 12.4 Å². The molecule has 0 aliphatic rings. The smallest absolute Gasteiger partial charge is 0.120 e. The van der Waals surface area contributed by atoms with Crippen LogP contribution in [-0.2, 0) is 13.0 Å². The van der Waals surface area contributed by atoms with Crippen molar-refractivity contribution < 1.29 is 4.74 Å². The van der Waals surface area contributed by atoms with E-state index in [4.69, 9.17) is 4.74 Å². The van der Waals surface area contributed by atoms with E-state index in [1.165, 1.54) is 16.7 Å². The second-order valence-corrected chi connectivity index (χ2v) is 5.08. The predicted molar refractivity (Wildman–Crippen MR) is 86.5 cm³/mol. The Bertz CT molecular complexity index is 674. The van der Waals surface area contributed by atoms with Crippen LogP contribution in [-0.4, -0.2) is 0 Å². The Morgan fingerprint density at radius 1 is 0.571 bits per heavy atom. The van der Waals surface area contributed by atoms with Gasteiger partial charge in [-0.15, -0.1) is 0 Å². The number of hydrogen-bond acceptors (Lipinski definition) is 1. The zero-order valence-electron chi connectivity index (χ0n) is 11.9. The van der Waals surface area contributed by atoms with Gasteiger partial charge in [0.05, 0.1) is 0 Å². The predicted octanol–water partition coefficient (Wildman–Crippen LogP) is 4.86. The Morgan fingerprint density at radius 2 is 1.19 bits per heavy atom. The fourth-order valence-corrected chi connectivity index (χ4v) is 2.32. The third-order valence-electron chi connectivity index (χ3n) is 3.40. The average molecular weight is 274 g/mol. The summed E-state index contributed by atoms with van der Waals surface area (Å²) in [7, 11) is 0. The first-order valence-electron chi connectivity index (χ1n) is 7.20. The van der Waals surface area contributed by atoms with E-state index in [9.17, 15) is 0 Å². The van der Waals surface area contributed by atoms with E-state index < -0.39 is 0 Å². The monoisotopic (exact) mass is 274 g/mol. The van der Waals surface area contributed by atoms with E-state index in [0.717, 1.165) is 12.2 Å². The van der Waals surface area contributed by atoms with Crippen LogP contribution in [0.2, 0.25) is 0 Å². The van der Waals surface area contributed by atoms with Crippen LogP contribution in [0.5, 0.6) is 5.75 Å². The molecule has 0 amide bonds. The molecule has 0 spiro atoms. The Labute approximate surface area is 125 Å². The second-order valence-electron chi connectivity index (χ2n) is 5.08. The first kappa shape index (κ1) is 13.4. The zero-order valence-corrected chi connectivity index (χ0v) is 11.9. The van der Waals surface area contributed by atoms with Crippen molar-refractivity contribution in [1.82, 2.24) is 0 Å². The van der Waals surface area contributed by atoms with E-state index in [2.05, 4.69) is 54.6 Å². The maximum absolute atomic E-state index is 5.87. The molecular weight excluding hydrogens is 256 g/mol. The average Bonchev–Trinajstić information content (AvgIpc) is 2.55. The third-order valence-corrected chi connectivity index (χ3v) is 3.40. The van der Waals surface area contributed by atoms with Crippen LogP contribution >= 0.6 is 0 Å². The van der Waals surface area contributed by atoms with Crippen LogP contribution in [0.25, 0.3) is 0 Å². The van der Waals surface area contributed by atoms with Crippen LogP contribution in [0.1, 0.15) is 16.7 Å². The molecule has 0 atom stereocenters. The van der Waals surface area contributed by atoms with Gasteiger partial charge in [0, 0.05) is 0 Å². The standard InChI is InChI=1S/C20H18O/c1-3-8-17(9-4-1)14-19-12-7-13-20(15-19)21-16-18-10-5-2-6-11-18/h1-13,15H,14,16H2. The van der Waals surface area contributed by atoms with Crippen molar-refractivity contribution >= 4 is 0 Å². The first-order chi connectivity index (χ1) is 10.4. The molecule has 0 fully saturated rings. The number of rotatable bonds is 5. The highest BCUT2D eigenvalue weighted by Crippen LogP contribution is 2.17. The van der Waals surface area contributed by atoms with Crippen molar-refractivity contribution in [3.05, 3.63) is 102 Å². The molecule has 0 bridgehead atoms. The van der Waals surface area contributed by atoms with E-state index >= 15 is 0 Å². The van der Waals surface area contributed by atoms with Gasteiger partial charge in [-0.2, -0.15) is 0 Å². The lowest BCUT2D eigenvalue weighted by atomic mass is 10.1. The van der Waals surface area contributed by atoms with Crippen molar-refractivity contribution in [2.75, 3.05) is 0 Å². The van der Waals surface area contributed by atoms with Gasteiger partial charge in [0.2, 0.25) is 0 Å². The molecule has 0 aromatic heterocycles. The third kappa shape index (κ3) is 3.96. The maximum Gasteiger partial charge on any atom is 0.120 e. The van der Waals surface area contributed by atoms with Crippen LogP contribution in [0, 0.1) is 0 Å². The minimum absolute atomic E-state index is 0.607. The lowest BCUT2D eigenvalue weighted by Gasteiger charge is -2.08. The van der Waals surface area contributed by atoms with Gasteiger partial charge in [-0.25, -0.2) is 0 Å². The van der Waals surface area contributed by atoms with Crippen LogP contribution in [0.4, 0.5) is 0 Å². The SMILES string of the molecule is c1ccc(COc2cccc(Cc3ccccc3)c2)cc1. The van der Waals surface area contributed by atoms with E-state index in [0.29, 0.717) is 6.61 Å². The Balaban J connectivity index is 1.66. The quantitative estimate of drug-likeness (QED) is 0.646. The second kappa shape index (κ2) is 6.76. The molecule has 0 aliphatic carbocycles. The first-order valence-corrected chi connectivity index (χ1v) is 7.20. The highest BCUT2D eigenvalue weighted by molar-refractivity contribution is 5.33. The minimum Gasteiger partial charge on any atom is -0.489 e. The lowest BCUT2D eigenvalue weighted by Crippen LogP contribution is -1.96. The van der Waals surface area contributed by atoms with Crippen molar-refractivity contribution in [2.45, 2.75) is 13.0 Å². The maximum atomic E-state index is 5.87. The Kier molecular flexibility index (Phi) is 4.33. The van der Waals surface area contributed by atoms with E-state index in [1.54, 1.807) is 0 Å². The normalized spacial score (nSPS) is 10.3. The zero-order chi connectivity index (χ0) is 14.3. The van der Waals surface area contributed by atoms with Gasteiger partial charge < -0.3 is 4.74 Å². The van der Waals surface area contributed by atoms with Crippen molar-refractivity contribution in [2.24, 2.45) is 0 Å². The van der Waals surface area contributed by atoms with Gasteiger partial charge in [-0.1, -0.05) is 72.8 Å². The Morgan fingerprint density at radius 3 is 1.90 bits per heavy atom. The Hall–Kier alpha value is -2.54. The minimum atomic E-state index is 0.607. The summed E-state index contributed by atoms with van der Waals surface area (Å²) in [5.41, 5.74) is 3.77. The molecule has 21 heavy (non-hydrogen) atoms. The highest BCUT2D eigenvalue weighted by atomic mass is 16.5. The molecule has 0 unspecified atom stereocenters. The largest absolute Gasteiger partial charge is 0.489 e. The molecule has 3 aromatic carbocycles. The van der Waals surface area contributed by atoms with Gasteiger partial charge >= 0.3 is 0 Å². The summed E-state index contributed by atoms with van der Waals surface area (Å²) in [4.78, 5) is 0. The molecular formula is C20H18O. The van der Waals surface area contributed by atoms with Gasteiger partial charge in [-0.05, 0) is 35.2 Å². The van der Waals surface area contributed by atoms with Gasteiger partial charge in [0.25, 0.3) is 0 Å². The van der Waals surface area contributed by atoms with Crippen molar-refractivity contribution in [3.8, 4) is 5.75 Å². The summed E-state index contributed by atoms with van der Waals surface area (Å²) in [5.74, 6) is 0.923. The molecule has 1 heteroatoms. The fourth-order valence-electron chi connectivity index (χ4n) is 2.32. The summed E-state index contributed by atoms with van der Waals surface area (Å²) in [6, 6.07) is 29.1. The topological polar surface area (TPSA) is 9.23 Å². The van der Waals surface area contributed by atoms with E-state index in [-0.39, 0.29) is 0 Å². The molecule has 3 rings (SSSR count). The van der Waals surface area contributed by atoms with Crippen molar-refractivity contribution in [1.29, 1.82) is 0 Å². The van der Waals surface area contributed by atoms with E-state index in [1.807, 2.05) is 30.3 Å². The summed E-state index contributed by atoms with van der Waals surface area (Å²) in [5, 5.41) is 0. The fraction of sp³-hybridized carbons (Fsp3) is 0.100. The van der Waals surface area contributed by atoms with Crippen molar-refractivity contribution in [3.63, 3.8) is 0 Å². The number of ether oxygens (including phenoxy) is 1. The highest BCUT2D eigenvalue weighted by Gasteiger charge is 1.99. The summed E-state index contributed by atoms with van der Waals surface area (Å²) < 4.78 is 5.87. The summed E-state index contributed by atoms with van der Waals surface area (Å²) in [6.07, 6.45) is 0.934. The van der Waals surface area contributed by atoms with Crippen LogP contribution in [0.15, 0.2) is 84.9 Å². The van der Waals surface area contributed by atoms with Gasteiger partial charge in [0.15, 0.2) is 0 Å². The van der Waals surface area contributed by atoms with Crippen LogP contribution < -0.4 is 4.74 Å². The molecule has 0 heterocycles.